The first-order valence-electron chi connectivity index (χ1n) is 10.1. The van der Waals surface area contributed by atoms with Crippen LogP contribution in [-0.4, -0.2) is 33.7 Å². The first kappa shape index (κ1) is 25.6. The number of benzene rings is 1. The van der Waals surface area contributed by atoms with Gasteiger partial charge in [0.2, 0.25) is 15.9 Å². The number of nitrogens with one attached hydrogen (secondary N) is 2. The predicted octanol–water partition coefficient (Wildman–Crippen LogP) is 4.63. The maximum Gasteiger partial charge on any atom is 0.229 e. The van der Waals surface area contributed by atoms with Crippen LogP contribution in [-0.2, 0) is 21.2 Å². The Balaban J connectivity index is 0.00000420. The minimum Gasteiger partial charge on any atom is -0.369 e. The molecule has 2 rings (SSSR count). The second kappa shape index (κ2) is 9.56. The zero-order valence-corrected chi connectivity index (χ0v) is 20.4. The Bertz CT molecular complexity index is 861. The Morgan fingerprint density at radius 2 is 1.72 bits per heavy atom. The van der Waals surface area contributed by atoms with Crippen molar-refractivity contribution in [3.8, 4) is 0 Å². The number of sulfonamides is 1. The summed E-state index contributed by atoms with van der Waals surface area (Å²) in [7, 11) is -3.42. The molecule has 0 unspecified atom stereocenters. The van der Waals surface area contributed by atoms with E-state index in [0.717, 1.165) is 66.7 Å². The molecular formula is C21H36ClN3O3S. The van der Waals surface area contributed by atoms with Gasteiger partial charge in [-0.25, -0.2) is 8.42 Å². The van der Waals surface area contributed by atoms with Crippen molar-refractivity contribution < 1.29 is 13.2 Å². The highest BCUT2D eigenvalue weighted by Gasteiger charge is 2.31. The third-order valence-electron chi connectivity index (χ3n) is 5.29. The van der Waals surface area contributed by atoms with Crippen LogP contribution in [0, 0.1) is 19.3 Å². The molecule has 0 bridgehead atoms. The highest BCUT2D eigenvalue weighted by atomic mass is 35.5. The largest absolute Gasteiger partial charge is 0.369 e. The van der Waals surface area contributed by atoms with Crippen LogP contribution in [0.3, 0.4) is 0 Å². The summed E-state index contributed by atoms with van der Waals surface area (Å²) in [4.78, 5) is 15.1. The van der Waals surface area contributed by atoms with Gasteiger partial charge in [-0.05, 0) is 43.4 Å². The molecule has 1 aromatic carbocycles. The fourth-order valence-electron chi connectivity index (χ4n) is 3.65. The van der Waals surface area contributed by atoms with E-state index in [4.69, 9.17) is 0 Å². The molecule has 0 radical (unpaired) electrons. The van der Waals surface area contributed by atoms with Crippen molar-refractivity contribution >= 4 is 45.4 Å². The highest BCUT2D eigenvalue weighted by molar-refractivity contribution is 7.92. The van der Waals surface area contributed by atoms with Crippen LogP contribution in [0.2, 0.25) is 0 Å². The van der Waals surface area contributed by atoms with Gasteiger partial charge in [0.25, 0.3) is 0 Å². The van der Waals surface area contributed by atoms with Crippen molar-refractivity contribution in [2.75, 3.05) is 34.3 Å². The molecule has 6 nitrogen and oxygen atoms in total. The van der Waals surface area contributed by atoms with Crippen molar-refractivity contribution in [1.82, 2.24) is 0 Å². The summed E-state index contributed by atoms with van der Waals surface area (Å²) in [5.41, 5.74) is 4.67. The first-order valence-corrected chi connectivity index (χ1v) is 12.0. The molecular weight excluding hydrogens is 410 g/mol. The predicted molar refractivity (Wildman–Crippen MR) is 125 cm³/mol. The minimum absolute atomic E-state index is 0. The van der Waals surface area contributed by atoms with Gasteiger partial charge in [-0.2, -0.15) is 0 Å². The van der Waals surface area contributed by atoms with E-state index in [9.17, 15) is 13.2 Å². The van der Waals surface area contributed by atoms with Crippen molar-refractivity contribution in [2.24, 2.45) is 5.41 Å². The van der Waals surface area contributed by atoms with Crippen molar-refractivity contribution in [3.63, 3.8) is 0 Å². The summed E-state index contributed by atoms with van der Waals surface area (Å²) in [5.74, 6) is -0.0765. The SMILES string of the molecule is CCCCCN1CCc2c(C)c(NS(C)(=O)=O)c(C)c(NC(=O)C(C)(C)C)c21.Cl. The van der Waals surface area contributed by atoms with Gasteiger partial charge >= 0.3 is 0 Å². The van der Waals surface area contributed by atoms with Crippen LogP contribution in [0.4, 0.5) is 17.1 Å². The van der Waals surface area contributed by atoms with E-state index in [2.05, 4.69) is 21.9 Å². The lowest BCUT2D eigenvalue weighted by atomic mass is 9.94. The van der Waals surface area contributed by atoms with Gasteiger partial charge in [0.15, 0.2) is 0 Å². The molecule has 8 heteroatoms. The molecule has 1 amide bonds. The molecule has 29 heavy (non-hydrogen) atoms. The Kier molecular flexibility index (Phi) is 8.43. The zero-order chi connectivity index (χ0) is 21.3. The lowest BCUT2D eigenvalue weighted by Crippen LogP contribution is -2.30. The molecule has 0 saturated carbocycles. The van der Waals surface area contributed by atoms with Crippen molar-refractivity contribution in [2.45, 2.75) is 67.2 Å². The molecule has 0 spiro atoms. The number of nitrogens with zero attached hydrogens (tertiary/aromatic N) is 1. The van der Waals surface area contributed by atoms with Gasteiger partial charge in [0, 0.05) is 18.5 Å². The highest BCUT2D eigenvalue weighted by Crippen LogP contribution is 2.45. The summed E-state index contributed by atoms with van der Waals surface area (Å²) in [6.07, 6.45) is 5.43. The van der Waals surface area contributed by atoms with Gasteiger partial charge in [0.05, 0.1) is 23.3 Å². The average molecular weight is 446 g/mol. The third kappa shape index (κ3) is 6.01. The van der Waals surface area contributed by atoms with E-state index >= 15 is 0 Å². The van der Waals surface area contributed by atoms with Crippen LogP contribution in [0.1, 0.15) is 63.6 Å². The number of hydrogen-bond donors (Lipinski definition) is 2. The summed E-state index contributed by atoms with van der Waals surface area (Å²) in [5, 5.41) is 3.11. The molecule has 1 aliphatic heterocycles. The normalized spacial score (nSPS) is 13.7. The number of halogens is 1. The first-order chi connectivity index (χ1) is 12.9. The summed E-state index contributed by atoms with van der Waals surface area (Å²) in [6.45, 7) is 13.5. The van der Waals surface area contributed by atoms with Gasteiger partial charge < -0.3 is 10.2 Å². The summed E-state index contributed by atoms with van der Waals surface area (Å²) < 4.78 is 26.5. The fraction of sp³-hybridized carbons (Fsp3) is 0.667. The van der Waals surface area contributed by atoms with Crippen molar-refractivity contribution in [1.29, 1.82) is 0 Å². The topological polar surface area (TPSA) is 78.5 Å². The molecule has 0 atom stereocenters. The average Bonchev–Trinajstić information content (AvgIpc) is 2.97. The van der Waals surface area contributed by atoms with Crippen molar-refractivity contribution in [3.05, 3.63) is 16.7 Å². The number of unbranched alkanes of at least 4 members (excludes halogenated alkanes) is 2. The quantitative estimate of drug-likeness (QED) is 0.599. The lowest BCUT2D eigenvalue weighted by molar-refractivity contribution is -0.123. The number of carbonyl (C=O) groups is 1. The molecule has 166 valence electrons. The van der Waals surface area contributed by atoms with E-state index in [1.165, 1.54) is 6.42 Å². The van der Waals surface area contributed by atoms with Gasteiger partial charge in [-0.1, -0.05) is 40.5 Å². The Labute approximate surface area is 182 Å². The number of carbonyl (C=O) groups excluding carboxylic acids is 1. The number of rotatable bonds is 7. The Morgan fingerprint density at radius 3 is 2.24 bits per heavy atom. The van der Waals surface area contributed by atoms with Gasteiger partial charge in [-0.3, -0.25) is 9.52 Å². The van der Waals surface area contributed by atoms with Crippen LogP contribution >= 0.6 is 12.4 Å². The smallest absolute Gasteiger partial charge is 0.229 e. The van der Waals surface area contributed by atoms with Gasteiger partial charge in [-0.15, -0.1) is 12.4 Å². The summed E-state index contributed by atoms with van der Waals surface area (Å²) >= 11 is 0. The number of fused-ring (bicyclic) bond motifs is 1. The second-order valence-corrected chi connectivity index (χ2v) is 10.6. The molecule has 2 N–H and O–H groups in total. The molecule has 0 aliphatic carbocycles. The minimum atomic E-state index is -3.42. The number of amides is 1. The van der Waals surface area contributed by atoms with E-state index in [-0.39, 0.29) is 18.3 Å². The number of hydrogen-bond acceptors (Lipinski definition) is 4. The molecule has 0 aromatic heterocycles. The van der Waals surface area contributed by atoms with Crippen LogP contribution in [0.15, 0.2) is 0 Å². The fourth-order valence-corrected chi connectivity index (χ4v) is 4.32. The van der Waals surface area contributed by atoms with E-state index in [1.807, 2.05) is 34.6 Å². The third-order valence-corrected chi connectivity index (χ3v) is 5.86. The molecule has 0 saturated heterocycles. The Morgan fingerprint density at radius 1 is 1.10 bits per heavy atom. The molecule has 1 heterocycles. The summed E-state index contributed by atoms with van der Waals surface area (Å²) in [6, 6.07) is 0. The van der Waals surface area contributed by atoms with E-state index in [0.29, 0.717) is 5.69 Å². The van der Waals surface area contributed by atoms with Crippen LogP contribution in [0.25, 0.3) is 0 Å². The molecule has 1 aromatic rings. The molecule has 1 aliphatic rings. The van der Waals surface area contributed by atoms with Crippen LogP contribution < -0.4 is 14.9 Å². The van der Waals surface area contributed by atoms with Gasteiger partial charge in [0.1, 0.15) is 0 Å². The Hall–Kier alpha value is -1.47. The standard InChI is InChI=1S/C21H35N3O3S.ClH/c1-8-9-10-12-24-13-11-16-14(2)17(23-28(7,26)27)15(3)18(19(16)24)22-20(25)21(4,5)6;/h23H,8-13H2,1-7H3,(H,22,25);1H. The maximum absolute atomic E-state index is 12.8. The lowest BCUT2D eigenvalue weighted by Gasteiger charge is -2.28. The van der Waals surface area contributed by atoms with E-state index in [1.54, 1.807) is 0 Å². The molecule has 0 fully saturated rings. The second-order valence-electron chi connectivity index (χ2n) is 8.85. The zero-order valence-electron chi connectivity index (χ0n) is 18.7. The number of anilines is 3. The van der Waals surface area contributed by atoms with Crippen LogP contribution in [0.5, 0.6) is 0 Å². The monoisotopic (exact) mass is 445 g/mol. The van der Waals surface area contributed by atoms with E-state index < -0.39 is 15.4 Å². The maximum atomic E-state index is 12.8.